The van der Waals surface area contributed by atoms with Crippen molar-refractivity contribution in [3.63, 3.8) is 0 Å². The van der Waals surface area contributed by atoms with Gasteiger partial charge in [-0.1, -0.05) is 54.9 Å². The Labute approximate surface area is 156 Å². The number of aliphatic hydroxyl groups excluding tert-OH is 1. The number of tetrazole rings is 1. The van der Waals surface area contributed by atoms with Crippen LogP contribution >= 0.6 is 11.8 Å². The molecule has 136 valence electrons. The summed E-state index contributed by atoms with van der Waals surface area (Å²) < 4.78 is 7.67. The minimum atomic E-state index is -0.583. The molecule has 1 N–H and O–H groups in total. The zero-order chi connectivity index (χ0) is 17.8. The maximum absolute atomic E-state index is 10.3. The summed E-state index contributed by atoms with van der Waals surface area (Å²) in [5.74, 6) is 1.27. The molecule has 1 aromatic heterocycles. The van der Waals surface area contributed by atoms with Crippen molar-refractivity contribution in [3.05, 3.63) is 42.5 Å². The zero-order valence-corrected chi connectivity index (χ0v) is 15.3. The van der Waals surface area contributed by atoms with Crippen LogP contribution in [0.4, 0.5) is 0 Å². The highest BCUT2D eigenvalue weighted by atomic mass is 32.2. The maximum Gasteiger partial charge on any atom is 0.209 e. The van der Waals surface area contributed by atoms with E-state index in [0.29, 0.717) is 11.8 Å². The Bertz CT molecular complexity index is 863. The molecular weight excluding hydrogens is 348 g/mol. The van der Waals surface area contributed by atoms with Gasteiger partial charge in [0.2, 0.25) is 5.16 Å². The van der Waals surface area contributed by atoms with E-state index in [4.69, 9.17) is 4.74 Å². The number of benzene rings is 2. The van der Waals surface area contributed by atoms with Crippen LogP contribution in [-0.4, -0.2) is 43.8 Å². The van der Waals surface area contributed by atoms with Crippen LogP contribution in [0.2, 0.25) is 0 Å². The fraction of sp³-hybridized carbons (Fsp3) is 0.421. The number of aromatic nitrogens is 4. The van der Waals surface area contributed by atoms with Crippen molar-refractivity contribution in [2.24, 2.45) is 0 Å². The van der Waals surface area contributed by atoms with Crippen LogP contribution in [0.15, 0.2) is 47.6 Å². The molecule has 0 bridgehead atoms. The van der Waals surface area contributed by atoms with E-state index in [1.54, 1.807) is 0 Å². The highest BCUT2D eigenvalue weighted by Crippen LogP contribution is 2.31. The summed E-state index contributed by atoms with van der Waals surface area (Å²) >= 11 is 1.48. The number of thioether (sulfide) groups is 1. The molecule has 2 aromatic carbocycles. The fourth-order valence-corrected chi connectivity index (χ4v) is 4.18. The minimum Gasteiger partial charge on any atom is -0.491 e. The SMILES string of the molecule is OC(COc1ccc2ccccc2c1)CSc1nnnn1C1CCCC1. The van der Waals surface area contributed by atoms with E-state index in [0.717, 1.165) is 29.1 Å². The molecule has 0 radical (unpaired) electrons. The third-order valence-corrected chi connectivity index (χ3v) is 5.78. The summed E-state index contributed by atoms with van der Waals surface area (Å²) in [7, 11) is 0. The summed E-state index contributed by atoms with van der Waals surface area (Å²) in [5.41, 5.74) is 0. The van der Waals surface area contributed by atoms with Gasteiger partial charge >= 0.3 is 0 Å². The van der Waals surface area contributed by atoms with E-state index in [-0.39, 0.29) is 6.61 Å². The Morgan fingerprint density at radius 2 is 1.96 bits per heavy atom. The average molecular weight is 370 g/mol. The molecule has 1 aliphatic rings. The Kier molecular flexibility index (Phi) is 5.36. The van der Waals surface area contributed by atoms with Crippen molar-refractivity contribution in [2.75, 3.05) is 12.4 Å². The standard InChI is InChI=1S/C19H22N4O2S/c24-17(12-25-18-10-9-14-5-1-2-6-15(14)11-18)13-26-19-20-21-22-23(19)16-7-3-4-8-16/h1-2,5-6,9-11,16-17,24H,3-4,7-8,12-13H2. The van der Waals surface area contributed by atoms with Gasteiger partial charge in [-0.3, -0.25) is 0 Å². The minimum absolute atomic E-state index is 0.246. The molecule has 3 aromatic rings. The lowest BCUT2D eigenvalue weighted by atomic mass is 10.1. The molecule has 1 atom stereocenters. The summed E-state index contributed by atoms with van der Waals surface area (Å²) in [4.78, 5) is 0. The maximum atomic E-state index is 10.3. The first-order valence-corrected chi connectivity index (χ1v) is 9.98. The van der Waals surface area contributed by atoms with Crippen molar-refractivity contribution in [1.29, 1.82) is 0 Å². The normalized spacial score (nSPS) is 16.2. The van der Waals surface area contributed by atoms with Crippen LogP contribution in [0, 0.1) is 0 Å². The number of rotatable bonds is 7. The second-order valence-corrected chi connectivity index (χ2v) is 7.62. The predicted molar refractivity (Wildman–Crippen MR) is 101 cm³/mol. The lowest BCUT2D eigenvalue weighted by Crippen LogP contribution is -2.20. The molecule has 0 spiro atoms. The lowest BCUT2D eigenvalue weighted by Gasteiger charge is -2.14. The number of hydrogen-bond acceptors (Lipinski definition) is 6. The first-order valence-electron chi connectivity index (χ1n) is 9.00. The van der Waals surface area contributed by atoms with Gasteiger partial charge < -0.3 is 9.84 Å². The Balaban J connectivity index is 1.30. The van der Waals surface area contributed by atoms with Crippen molar-refractivity contribution in [3.8, 4) is 5.75 Å². The van der Waals surface area contributed by atoms with E-state index in [9.17, 15) is 5.11 Å². The largest absolute Gasteiger partial charge is 0.491 e. The van der Waals surface area contributed by atoms with E-state index < -0.39 is 6.10 Å². The van der Waals surface area contributed by atoms with Gasteiger partial charge in [0.1, 0.15) is 12.4 Å². The number of fused-ring (bicyclic) bond motifs is 1. The van der Waals surface area contributed by atoms with Gasteiger partial charge in [0, 0.05) is 5.75 Å². The molecule has 1 aliphatic carbocycles. The highest BCUT2D eigenvalue weighted by Gasteiger charge is 2.22. The quantitative estimate of drug-likeness (QED) is 0.642. The van der Waals surface area contributed by atoms with Gasteiger partial charge in [0.15, 0.2) is 0 Å². The molecule has 1 fully saturated rings. The van der Waals surface area contributed by atoms with Crippen molar-refractivity contribution < 1.29 is 9.84 Å². The summed E-state index contributed by atoms with van der Waals surface area (Å²) in [6.07, 6.45) is 4.15. The molecule has 26 heavy (non-hydrogen) atoms. The van der Waals surface area contributed by atoms with Crippen molar-refractivity contribution in [2.45, 2.75) is 43.0 Å². The lowest BCUT2D eigenvalue weighted by molar-refractivity contribution is 0.126. The van der Waals surface area contributed by atoms with Crippen molar-refractivity contribution >= 4 is 22.5 Å². The number of ether oxygens (including phenoxy) is 1. The Morgan fingerprint density at radius 3 is 2.81 bits per heavy atom. The van der Waals surface area contributed by atoms with E-state index in [2.05, 4.69) is 27.7 Å². The molecule has 6 nitrogen and oxygen atoms in total. The second kappa shape index (κ2) is 8.05. The van der Waals surface area contributed by atoms with Gasteiger partial charge in [0.05, 0.1) is 12.1 Å². The van der Waals surface area contributed by atoms with E-state index in [1.165, 1.54) is 30.0 Å². The van der Waals surface area contributed by atoms with Crippen LogP contribution in [0.1, 0.15) is 31.7 Å². The van der Waals surface area contributed by atoms with Gasteiger partial charge in [-0.2, -0.15) is 0 Å². The van der Waals surface area contributed by atoms with Crippen LogP contribution in [0.5, 0.6) is 5.75 Å². The van der Waals surface area contributed by atoms with Crippen LogP contribution < -0.4 is 4.74 Å². The Morgan fingerprint density at radius 1 is 1.15 bits per heavy atom. The van der Waals surface area contributed by atoms with Crippen LogP contribution in [-0.2, 0) is 0 Å². The summed E-state index contributed by atoms with van der Waals surface area (Å²) in [6.45, 7) is 0.246. The highest BCUT2D eigenvalue weighted by molar-refractivity contribution is 7.99. The van der Waals surface area contributed by atoms with Gasteiger partial charge in [0.25, 0.3) is 0 Å². The fourth-order valence-electron chi connectivity index (χ4n) is 3.33. The number of nitrogens with zero attached hydrogens (tertiary/aromatic N) is 4. The third-order valence-electron chi connectivity index (χ3n) is 4.70. The topological polar surface area (TPSA) is 73.1 Å². The monoisotopic (exact) mass is 370 g/mol. The first-order chi connectivity index (χ1) is 12.8. The van der Waals surface area contributed by atoms with Gasteiger partial charge in [-0.15, -0.1) is 5.10 Å². The molecule has 0 amide bonds. The van der Waals surface area contributed by atoms with Crippen molar-refractivity contribution in [1.82, 2.24) is 20.2 Å². The molecule has 4 rings (SSSR count). The Hall–Kier alpha value is -2.12. The molecule has 0 aliphatic heterocycles. The first kappa shape index (κ1) is 17.3. The average Bonchev–Trinajstić information content (AvgIpc) is 3.35. The molecule has 1 unspecified atom stereocenters. The van der Waals surface area contributed by atoms with Gasteiger partial charge in [-0.25, -0.2) is 4.68 Å². The van der Waals surface area contributed by atoms with E-state index in [1.807, 2.05) is 35.0 Å². The van der Waals surface area contributed by atoms with Crippen LogP contribution in [0.25, 0.3) is 10.8 Å². The predicted octanol–water partition coefficient (Wildman–Crippen LogP) is 3.47. The molecule has 1 heterocycles. The smallest absolute Gasteiger partial charge is 0.209 e. The molecular formula is C19H22N4O2S. The molecule has 7 heteroatoms. The van der Waals surface area contributed by atoms with Gasteiger partial charge in [-0.05, 0) is 46.2 Å². The van der Waals surface area contributed by atoms with Crippen LogP contribution in [0.3, 0.4) is 0 Å². The third kappa shape index (κ3) is 3.99. The molecule has 1 saturated carbocycles. The van der Waals surface area contributed by atoms with E-state index >= 15 is 0 Å². The molecule has 0 saturated heterocycles. The summed E-state index contributed by atoms with van der Waals surface area (Å²) in [6, 6.07) is 14.5. The zero-order valence-electron chi connectivity index (χ0n) is 14.5. The second-order valence-electron chi connectivity index (χ2n) is 6.63. The summed E-state index contributed by atoms with van der Waals surface area (Å²) in [5, 5.41) is 25.4. The number of aliphatic hydroxyl groups is 1. The number of hydrogen-bond donors (Lipinski definition) is 1.